The molecule has 0 saturated carbocycles. The first-order chi connectivity index (χ1) is 23.4. The third-order valence-electron chi connectivity index (χ3n) is 8.22. The third kappa shape index (κ3) is 8.93. The van der Waals surface area contributed by atoms with E-state index in [1.54, 1.807) is 54.3 Å². The molecule has 3 amide bonds. The Hall–Kier alpha value is -4.98. The van der Waals surface area contributed by atoms with Gasteiger partial charge in [0.15, 0.2) is 0 Å². The number of likely N-dealkylation sites (N-methyl/N-ethyl adjacent to an activating group) is 1. The standard InChI is InChI=1S/C36H39FN4O7S/c1-24-21-41(25(2)23-42)35(43)20-26-19-29(39-36(44)38-28-11-9-27(37)10-12-28)13-18-33(26)48-34(24)22-40(3)49(45,46)32-16-14-31(15-17-32)47-30-7-5-4-6-8-30/h4-19,24-25,34,42H,20-23H2,1-3H3,(H2,38,39,44)/t24-,25-,34-/m0/s1. The predicted molar refractivity (Wildman–Crippen MR) is 184 cm³/mol. The monoisotopic (exact) mass is 690 g/mol. The van der Waals surface area contributed by atoms with E-state index in [0.717, 1.165) is 0 Å². The van der Waals surface area contributed by atoms with Crippen LogP contribution >= 0.6 is 0 Å². The highest BCUT2D eigenvalue weighted by atomic mass is 32.2. The van der Waals surface area contributed by atoms with Gasteiger partial charge < -0.3 is 30.1 Å². The van der Waals surface area contributed by atoms with Gasteiger partial charge in [-0.2, -0.15) is 4.31 Å². The maximum Gasteiger partial charge on any atom is 0.323 e. The summed E-state index contributed by atoms with van der Waals surface area (Å²) < 4.78 is 54.1. The van der Waals surface area contributed by atoms with Crippen molar-refractivity contribution in [3.8, 4) is 17.2 Å². The maximum absolute atomic E-state index is 13.7. The Morgan fingerprint density at radius 3 is 2.31 bits per heavy atom. The van der Waals surface area contributed by atoms with Gasteiger partial charge in [0.1, 0.15) is 29.2 Å². The van der Waals surface area contributed by atoms with Crippen LogP contribution in [0.15, 0.2) is 102 Å². The Morgan fingerprint density at radius 2 is 1.63 bits per heavy atom. The highest BCUT2D eigenvalue weighted by molar-refractivity contribution is 7.89. The minimum absolute atomic E-state index is 0.0409. The molecule has 3 atom stereocenters. The fraction of sp³-hybridized carbons (Fsp3) is 0.278. The summed E-state index contributed by atoms with van der Waals surface area (Å²) in [6, 6.07) is 24.4. The lowest BCUT2D eigenvalue weighted by Gasteiger charge is -2.33. The summed E-state index contributed by atoms with van der Waals surface area (Å²) in [5, 5.41) is 15.3. The van der Waals surface area contributed by atoms with E-state index < -0.39 is 34.0 Å². The van der Waals surface area contributed by atoms with Crippen LogP contribution in [0.25, 0.3) is 0 Å². The molecule has 0 fully saturated rings. The van der Waals surface area contributed by atoms with Crippen molar-refractivity contribution < 1.29 is 37.0 Å². The molecule has 5 rings (SSSR count). The number of hydrogen-bond donors (Lipinski definition) is 3. The highest BCUT2D eigenvalue weighted by Crippen LogP contribution is 2.30. The number of anilines is 2. The molecule has 1 aliphatic rings. The zero-order chi connectivity index (χ0) is 35.1. The number of nitrogens with one attached hydrogen (secondary N) is 2. The average molecular weight is 691 g/mol. The van der Waals surface area contributed by atoms with Gasteiger partial charge in [-0.3, -0.25) is 4.79 Å². The second-order valence-corrected chi connectivity index (χ2v) is 14.0. The number of aliphatic hydroxyl groups excluding tert-OH is 1. The van der Waals surface area contributed by atoms with Crippen molar-refractivity contribution in [2.24, 2.45) is 5.92 Å². The Balaban J connectivity index is 1.36. The van der Waals surface area contributed by atoms with Gasteiger partial charge in [0.05, 0.1) is 30.5 Å². The molecule has 13 heteroatoms. The van der Waals surface area contributed by atoms with Gasteiger partial charge in [-0.1, -0.05) is 25.1 Å². The van der Waals surface area contributed by atoms with Gasteiger partial charge in [0, 0.05) is 36.4 Å². The normalized spacial score (nSPS) is 17.2. The molecule has 0 aliphatic carbocycles. The summed E-state index contributed by atoms with van der Waals surface area (Å²) >= 11 is 0. The lowest BCUT2D eigenvalue weighted by molar-refractivity contribution is -0.134. The van der Waals surface area contributed by atoms with Crippen molar-refractivity contribution in [3.63, 3.8) is 0 Å². The summed E-state index contributed by atoms with van der Waals surface area (Å²) in [6.07, 6.45) is -0.779. The van der Waals surface area contributed by atoms with Crippen LogP contribution in [0, 0.1) is 11.7 Å². The lowest BCUT2D eigenvalue weighted by Crippen LogP contribution is -2.48. The summed E-state index contributed by atoms with van der Waals surface area (Å²) in [5.74, 6) is 0.440. The quantitative estimate of drug-likeness (QED) is 0.193. The van der Waals surface area contributed by atoms with Crippen molar-refractivity contribution in [3.05, 3.63) is 108 Å². The summed E-state index contributed by atoms with van der Waals surface area (Å²) in [7, 11) is -2.48. The van der Waals surface area contributed by atoms with E-state index in [-0.39, 0.29) is 42.8 Å². The molecule has 1 aliphatic heterocycles. The Bertz CT molecular complexity index is 1860. The second-order valence-electron chi connectivity index (χ2n) is 12.0. The average Bonchev–Trinajstić information content (AvgIpc) is 3.13. The molecule has 1 heterocycles. The summed E-state index contributed by atoms with van der Waals surface area (Å²) in [6.45, 7) is 3.51. The smallest absolute Gasteiger partial charge is 0.323 e. The largest absolute Gasteiger partial charge is 0.488 e. The molecule has 4 aromatic carbocycles. The molecule has 3 N–H and O–H groups in total. The van der Waals surface area contributed by atoms with Crippen molar-refractivity contribution in [2.45, 2.75) is 37.3 Å². The number of ether oxygens (including phenoxy) is 2. The molecule has 4 aromatic rings. The SMILES string of the molecule is C[C@H]1CN([C@@H](C)CO)C(=O)Cc2cc(NC(=O)Nc3ccc(F)cc3)ccc2O[C@H]1CN(C)S(=O)(=O)c1ccc(Oc2ccccc2)cc1. The van der Waals surface area contributed by atoms with E-state index in [0.29, 0.717) is 34.2 Å². The molecule has 49 heavy (non-hydrogen) atoms. The van der Waals surface area contributed by atoms with E-state index in [1.807, 2.05) is 25.1 Å². The number of amides is 3. The van der Waals surface area contributed by atoms with Crippen molar-refractivity contribution in [1.29, 1.82) is 0 Å². The fourth-order valence-electron chi connectivity index (χ4n) is 5.39. The third-order valence-corrected chi connectivity index (χ3v) is 10.1. The van der Waals surface area contributed by atoms with Crippen LogP contribution in [-0.2, 0) is 21.2 Å². The van der Waals surface area contributed by atoms with Gasteiger partial charge in [-0.15, -0.1) is 0 Å². The van der Waals surface area contributed by atoms with Crippen LogP contribution in [0.1, 0.15) is 19.4 Å². The van der Waals surface area contributed by atoms with Crippen molar-refractivity contribution in [1.82, 2.24) is 9.21 Å². The number of benzene rings is 4. The Labute approximate surface area is 285 Å². The summed E-state index contributed by atoms with van der Waals surface area (Å²) in [4.78, 5) is 27.9. The number of para-hydroxylation sites is 1. The van der Waals surface area contributed by atoms with Gasteiger partial charge in [0.25, 0.3) is 0 Å². The number of fused-ring (bicyclic) bond motifs is 1. The van der Waals surface area contributed by atoms with E-state index in [2.05, 4.69) is 10.6 Å². The van der Waals surface area contributed by atoms with Gasteiger partial charge in [0.2, 0.25) is 15.9 Å². The number of carbonyl (C=O) groups is 2. The number of urea groups is 1. The van der Waals surface area contributed by atoms with E-state index in [9.17, 15) is 27.5 Å². The number of carbonyl (C=O) groups excluding carboxylic acids is 2. The fourth-order valence-corrected chi connectivity index (χ4v) is 6.57. The first-order valence-electron chi connectivity index (χ1n) is 15.8. The van der Waals surface area contributed by atoms with Crippen LogP contribution in [0.2, 0.25) is 0 Å². The minimum atomic E-state index is -3.95. The number of rotatable bonds is 10. The minimum Gasteiger partial charge on any atom is -0.488 e. The molecule has 258 valence electrons. The lowest BCUT2D eigenvalue weighted by atomic mass is 10.0. The second kappa shape index (κ2) is 15.5. The molecule has 0 spiro atoms. The molecular weight excluding hydrogens is 651 g/mol. The number of nitrogens with zero attached hydrogens (tertiary/aromatic N) is 2. The van der Waals surface area contributed by atoms with Crippen LogP contribution in [0.4, 0.5) is 20.6 Å². The topological polar surface area (TPSA) is 138 Å². The number of halogens is 1. The molecule has 0 saturated heterocycles. The van der Waals surface area contributed by atoms with Crippen molar-refractivity contribution in [2.75, 3.05) is 37.4 Å². The van der Waals surface area contributed by atoms with E-state index in [4.69, 9.17) is 9.47 Å². The molecule has 0 unspecified atom stereocenters. The molecule has 0 radical (unpaired) electrons. The van der Waals surface area contributed by atoms with Gasteiger partial charge >= 0.3 is 6.03 Å². The first kappa shape index (κ1) is 35.3. The van der Waals surface area contributed by atoms with Crippen LogP contribution in [0.5, 0.6) is 17.2 Å². The highest BCUT2D eigenvalue weighted by Gasteiger charge is 2.33. The van der Waals surface area contributed by atoms with E-state index in [1.165, 1.54) is 47.8 Å². The maximum atomic E-state index is 13.7. The zero-order valence-electron chi connectivity index (χ0n) is 27.4. The van der Waals surface area contributed by atoms with Crippen molar-refractivity contribution >= 4 is 33.3 Å². The summed E-state index contributed by atoms with van der Waals surface area (Å²) in [5.41, 5.74) is 1.24. The van der Waals surface area contributed by atoms with Crippen LogP contribution in [-0.4, -0.2) is 73.6 Å². The van der Waals surface area contributed by atoms with Crippen LogP contribution in [0.3, 0.4) is 0 Å². The number of sulfonamides is 1. The Kier molecular flexibility index (Phi) is 11.2. The van der Waals surface area contributed by atoms with Gasteiger partial charge in [-0.05, 0) is 85.8 Å². The predicted octanol–water partition coefficient (Wildman–Crippen LogP) is 5.73. The van der Waals surface area contributed by atoms with Crippen LogP contribution < -0.4 is 20.1 Å². The number of hydrogen-bond acceptors (Lipinski definition) is 7. The Morgan fingerprint density at radius 1 is 1.00 bits per heavy atom. The molecule has 11 nitrogen and oxygen atoms in total. The first-order valence-corrected chi connectivity index (χ1v) is 17.2. The zero-order valence-corrected chi connectivity index (χ0v) is 28.2. The molecular formula is C36H39FN4O7S. The molecule has 0 bridgehead atoms. The number of aliphatic hydroxyl groups is 1. The molecule has 0 aromatic heterocycles. The van der Waals surface area contributed by atoms with E-state index >= 15 is 0 Å². The van der Waals surface area contributed by atoms with Gasteiger partial charge in [-0.25, -0.2) is 17.6 Å².